The normalized spacial score (nSPS) is 25.4. The Balaban J connectivity index is 2.79. The van der Waals surface area contributed by atoms with Crippen LogP contribution in [-0.4, -0.2) is 48.8 Å². The molecule has 0 unspecified atom stereocenters. The SMILES string of the molecule is CC(=O)OC[C@@H]1OC(=O)[C@H](OC(C)=O)[C@@H]1OC(C)=O. The Morgan fingerprint density at radius 2 is 1.63 bits per heavy atom. The maximum absolute atomic E-state index is 11.5. The number of esters is 4. The van der Waals surface area contributed by atoms with Gasteiger partial charge in [0.25, 0.3) is 0 Å². The lowest BCUT2D eigenvalue weighted by Crippen LogP contribution is -2.40. The summed E-state index contributed by atoms with van der Waals surface area (Å²) in [6.07, 6.45) is -3.47. The molecular formula is C11H14O8. The van der Waals surface area contributed by atoms with Crippen LogP contribution in [0.4, 0.5) is 0 Å². The second-order valence-electron chi connectivity index (χ2n) is 3.88. The minimum absolute atomic E-state index is 0.281. The molecule has 0 N–H and O–H groups in total. The zero-order chi connectivity index (χ0) is 14.6. The van der Waals surface area contributed by atoms with E-state index in [-0.39, 0.29) is 6.61 Å². The molecule has 1 heterocycles. The fourth-order valence-corrected chi connectivity index (χ4v) is 1.56. The molecule has 1 aliphatic rings. The molecular weight excluding hydrogens is 260 g/mol. The first-order valence-corrected chi connectivity index (χ1v) is 5.49. The Bertz CT molecular complexity index is 401. The van der Waals surface area contributed by atoms with E-state index < -0.39 is 42.2 Å². The van der Waals surface area contributed by atoms with Gasteiger partial charge in [0.05, 0.1) is 0 Å². The van der Waals surface area contributed by atoms with Crippen LogP contribution in [0.1, 0.15) is 20.8 Å². The molecule has 8 nitrogen and oxygen atoms in total. The van der Waals surface area contributed by atoms with E-state index in [9.17, 15) is 19.2 Å². The van der Waals surface area contributed by atoms with Crippen molar-refractivity contribution in [1.82, 2.24) is 0 Å². The van der Waals surface area contributed by atoms with Gasteiger partial charge in [-0.05, 0) is 0 Å². The van der Waals surface area contributed by atoms with E-state index in [4.69, 9.17) is 18.9 Å². The maximum atomic E-state index is 11.5. The Kier molecular flexibility index (Phi) is 4.85. The van der Waals surface area contributed by atoms with E-state index in [0.717, 1.165) is 13.8 Å². The van der Waals surface area contributed by atoms with Crippen molar-refractivity contribution in [3.63, 3.8) is 0 Å². The molecule has 1 aliphatic heterocycles. The Hall–Kier alpha value is -2.12. The summed E-state index contributed by atoms with van der Waals surface area (Å²) in [6.45, 7) is 3.14. The van der Waals surface area contributed by atoms with Gasteiger partial charge in [0, 0.05) is 20.8 Å². The van der Waals surface area contributed by atoms with E-state index >= 15 is 0 Å². The van der Waals surface area contributed by atoms with Crippen molar-refractivity contribution in [2.45, 2.75) is 39.1 Å². The molecule has 0 amide bonds. The summed E-state index contributed by atoms with van der Waals surface area (Å²) < 4.78 is 19.2. The van der Waals surface area contributed by atoms with Crippen molar-refractivity contribution in [1.29, 1.82) is 0 Å². The van der Waals surface area contributed by atoms with Crippen LogP contribution in [0.2, 0.25) is 0 Å². The van der Waals surface area contributed by atoms with Crippen molar-refractivity contribution in [3.05, 3.63) is 0 Å². The van der Waals surface area contributed by atoms with Gasteiger partial charge in [-0.2, -0.15) is 0 Å². The predicted octanol–water partition coefficient (Wildman–Crippen LogP) is -0.662. The van der Waals surface area contributed by atoms with Gasteiger partial charge in [-0.1, -0.05) is 0 Å². The number of cyclic esters (lactones) is 1. The van der Waals surface area contributed by atoms with Gasteiger partial charge >= 0.3 is 23.9 Å². The molecule has 1 saturated heterocycles. The van der Waals surface area contributed by atoms with Gasteiger partial charge in [-0.15, -0.1) is 0 Å². The average molecular weight is 274 g/mol. The molecule has 0 aromatic heterocycles. The Labute approximate surface area is 108 Å². The third-order valence-electron chi connectivity index (χ3n) is 2.21. The Morgan fingerprint density at radius 1 is 1.05 bits per heavy atom. The third kappa shape index (κ3) is 4.23. The highest BCUT2D eigenvalue weighted by Crippen LogP contribution is 2.23. The molecule has 3 atom stereocenters. The summed E-state index contributed by atoms with van der Waals surface area (Å²) >= 11 is 0. The minimum atomic E-state index is -1.35. The van der Waals surface area contributed by atoms with E-state index in [1.165, 1.54) is 6.92 Å². The fraction of sp³-hybridized carbons (Fsp3) is 0.636. The number of ether oxygens (including phenoxy) is 4. The zero-order valence-electron chi connectivity index (χ0n) is 10.7. The summed E-state index contributed by atoms with van der Waals surface area (Å²) in [5.74, 6) is -2.81. The van der Waals surface area contributed by atoms with Gasteiger partial charge in [0.2, 0.25) is 6.10 Å². The molecule has 106 valence electrons. The van der Waals surface area contributed by atoms with Gasteiger partial charge in [0.15, 0.2) is 12.2 Å². The van der Waals surface area contributed by atoms with Crippen molar-refractivity contribution in [2.24, 2.45) is 0 Å². The summed E-state index contributed by atoms with van der Waals surface area (Å²) in [4.78, 5) is 44.1. The predicted molar refractivity (Wildman–Crippen MR) is 57.6 cm³/mol. The van der Waals surface area contributed by atoms with Gasteiger partial charge in [-0.3, -0.25) is 14.4 Å². The maximum Gasteiger partial charge on any atom is 0.352 e. The van der Waals surface area contributed by atoms with Crippen LogP contribution in [0, 0.1) is 0 Å². The zero-order valence-corrected chi connectivity index (χ0v) is 10.7. The van der Waals surface area contributed by atoms with E-state index in [1.807, 2.05) is 0 Å². The van der Waals surface area contributed by atoms with Crippen LogP contribution < -0.4 is 0 Å². The summed E-state index contributed by atoms with van der Waals surface area (Å²) in [5, 5.41) is 0. The molecule has 8 heteroatoms. The first-order valence-electron chi connectivity index (χ1n) is 5.49. The molecule has 0 saturated carbocycles. The molecule has 0 radical (unpaired) electrons. The summed E-state index contributed by atoms with van der Waals surface area (Å²) in [7, 11) is 0. The quantitative estimate of drug-likeness (QED) is 0.491. The van der Waals surface area contributed by atoms with Crippen molar-refractivity contribution >= 4 is 23.9 Å². The highest BCUT2D eigenvalue weighted by molar-refractivity contribution is 5.82. The number of carbonyl (C=O) groups excluding carboxylic acids is 4. The first kappa shape index (κ1) is 14.9. The van der Waals surface area contributed by atoms with Crippen molar-refractivity contribution < 1.29 is 38.1 Å². The molecule has 1 fully saturated rings. The molecule has 0 aromatic rings. The molecule has 0 spiro atoms. The molecule has 0 aromatic carbocycles. The number of hydrogen-bond donors (Lipinski definition) is 0. The van der Waals surface area contributed by atoms with Crippen LogP contribution in [0.25, 0.3) is 0 Å². The molecule has 0 bridgehead atoms. The van der Waals surface area contributed by atoms with Crippen molar-refractivity contribution in [3.8, 4) is 0 Å². The highest BCUT2D eigenvalue weighted by atomic mass is 16.7. The highest BCUT2D eigenvalue weighted by Gasteiger charge is 2.50. The van der Waals surface area contributed by atoms with E-state index in [2.05, 4.69) is 0 Å². The van der Waals surface area contributed by atoms with E-state index in [0.29, 0.717) is 0 Å². The van der Waals surface area contributed by atoms with E-state index in [1.54, 1.807) is 0 Å². The monoisotopic (exact) mass is 274 g/mol. The molecule has 0 aliphatic carbocycles. The fourth-order valence-electron chi connectivity index (χ4n) is 1.56. The molecule has 19 heavy (non-hydrogen) atoms. The number of rotatable bonds is 4. The lowest BCUT2D eigenvalue weighted by atomic mass is 10.1. The average Bonchev–Trinajstić information content (AvgIpc) is 2.53. The number of carbonyl (C=O) groups is 4. The summed E-state index contributed by atoms with van der Waals surface area (Å²) in [5.41, 5.74) is 0. The second-order valence-corrected chi connectivity index (χ2v) is 3.88. The van der Waals surface area contributed by atoms with Gasteiger partial charge < -0.3 is 18.9 Å². The van der Waals surface area contributed by atoms with Crippen LogP contribution in [0.5, 0.6) is 0 Å². The summed E-state index contributed by atoms with van der Waals surface area (Å²) in [6, 6.07) is 0. The third-order valence-corrected chi connectivity index (χ3v) is 2.21. The smallest absolute Gasteiger partial charge is 0.352 e. The largest absolute Gasteiger partial charge is 0.462 e. The minimum Gasteiger partial charge on any atom is -0.462 e. The topological polar surface area (TPSA) is 105 Å². The van der Waals surface area contributed by atoms with Crippen LogP contribution in [0.3, 0.4) is 0 Å². The number of hydrogen-bond acceptors (Lipinski definition) is 8. The lowest BCUT2D eigenvalue weighted by molar-refractivity contribution is -0.166. The lowest BCUT2D eigenvalue weighted by Gasteiger charge is -2.19. The van der Waals surface area contributed by atoms with Crippen LogP contribution in [0.15, 0.2) is 0 Å². The molecule has 1 rings (SSSR count). The van der Waals surface area contributed by atoms with Crippen LogP contribution in [-0.2, 0) is 38.1 Å². The van der Waals surface area contributed by atoms with Gasteiger partial charge in [0.1, 0.15) is 6.61 Å². The van der Waals surface area contributed by atoms with Gasteiger partial charge in [-0.25, -0.2) is 4.79 Å². The van der Waals surface area contributed by atoms with Crippen molar-refractivity contribution in [2.75, 3.05) is 6.61 Å². The first-order chi connectivity index (χ1) is 8.81. The standard InChI is InChI=1S/C11H14O8/c1-5(12)16-4-8-9(17-6(2)13)10(11(15)19-8)18-7(3)14/h8-10H,4H2,1-3H3/t8-,9+,10+/m0/s1. The second kappa shape index (κ2) is 6.17. The van der Waals surface area contributed by atoms with Crippen LogP contribution >= 0.6 is 0 Å². The Morgan fingerprint density at radius 3 is 2.11 bits per heavy atom.